The maximum atomic E-state index is 5.15. The van der Waals surface area contributed by atoms with Gasteiger partial charge in [0.15, 0.2) is 0 Å². The summed E-state index contributed by atoms with van der Waals surface area (Å²) in [5.74, 6) is 0.850. The summed E-state index contributed by atoms with van der Waals surface area (Å²) in [6, 6.07) is 11.8. The molecular formula is C14H11N3OSe. The minimum atomic E-state index is 0.123. The molecule has 0 unspecified atom stereocenters. The third-order valence-corrected chi connectivity index (χ3v) is 4.81. The SMILES string of the molecule is COc1ccc(-c2nnc(-c3cccnc3)[se]2)cc1. The van der Waals surface area contributed by atoms with Crippen LogP contribution in [0.25, 0.3) is 20.3 Å². The molecule has 0 aliphatic heterocycles. The number of benzene rings is 1. The maximum absolute atomic E-state index is 5.15. The molecule has 0 saturated carbocycles. The van der Waals surface area contributed by atoms with Crippen LogP contribution in [0.3, 0.4) is 0 Å². The van der Waals surface area contributed by atoms with Crippen molar-refractivity contribution in [2.45, 2.75) is 0 Å². The van der Waals surface area contributed by atoms with E-state index < -0.39 is 0 Å². The summed E-state index contributed by atoms with van der Waals surface area (Å²) in [5, 5.41) is 8.55. The first-order valence-corrected chi connectivity index (χ1v) is 7.46. The Hall–Kier alpha value is -1.97. The Bertz CT molecular complexity index is 665. The molecule has 0 spiro atoms. The second kappa shape index (κ2) is 5.34. The Morgan fingerprint density at radius 2 is 1.68 bits per heavy atom. The number of rotatable bonds is 3. The Labute approximate surface area is 116 Å². The fraction of sp³-hybridized carbons (Fsp3) is 0.0714. The number of aromatic nitrogens is 3. The summed E-state index contributed by atoms with van der Waals surface area (Å²) in [6.07, 6.45) is 3.59. The first-order chi connectivity index (χ1) is 9.36. The van der Waals surface area contributed by atoms with Crippen LogP contribution in [0.2, 0.25) is 0 Å². The molecule has 0 aliphatic rings. The van der Waals surface area contributed by atoms with Crippen LogP contribution in [-0.4, -0.2) is 36.8 Å². The summed E-state index contributed by atoms with van der Waals surface area (Å²) in [4.78, 5) is 4.11. The molecule has 0 N–H and O–H groups in total. The van der Waals surface area contributed by atoms with Gasteiger partial charge < -0.3 is 0 Å². The number of methoxy groups -OCH3 is 1. The summed E-state index contributed by atoms with van der Waals surface area (Å²) in [5.41, 5.74) is 2.15. The normalized spacial score (nSPS) is 10.4. The van der Waals surface area contributed by atoms with Crippen molar-refractivity contribution >= 4 is 14.5 Å². The fourth-order valence-electron chi connectivity index (χ4n) is 1.68. The molecule has 0 bridgehead atoms. The van der Waals surface area contributed by atoms with Crippen LogP contribution in [0, 0.1) is 0 Å². The zero-order valence-electron chi connectivity index (χ0n) is 10.3. The van der Waals surface area contributed by atoms with E-state index in [2.05, 4.69) is 15.2 Å². The number of pyridine rings is 1. The molecule has 0 radical (unpaired) electrons. The Morgan fingerprint density at radius 3 is 2.32 bits per heavy atom. The molecule has 0 fully saturated rings. The van der Waals surface area contributed by atoms with Crippen molar-refractivity contribution in [2.24, 2.45) is 0 Å². The molecule has 2 heterocycles. The van der Waals surface area contributed by atoms with Gasteiger partial charge in [-0.05, 0) is 0 Å². The number of ether oxygens (including phenoxy) is 1. The summed E-state index contributed by atoms with van der Waals surface area (Å²) in [7, 11) is 1.66. The van der Waals surface area contributed by atoms with Crippen molar-refractivity contribution in [1.29, 1.82) is 0 Å². The van der Waals surface area contributed by atoms with Crippen LogP contribution in [0.15, 0.2) is 48.8 Å². The van der Waals surface area contributed by atoms with E-state index in [0.29, 0.717) is 0 Å². The van der Waals surface area contributed by atoms with E-state index in [1.165, 1.54) is 0 Å². The van der Waals surface area contributed by atoms with E-state index in [0.717, 1.165) is 26.0 Å². The second-order valence-corrected chi connectivity index (χ2v) is 5.93. The molecule has 2 aromatic heterocycles. The summed E-state index contributed by atoms with van der Waals surface area (Å²) < 4.78 is 7.21. The van der Waals surface area contributed by atoms with Crippen LogP contribution in [-0.2, 0) is 0 Å². The third kappa shape index (κ3) is 2.57. The fourth-order valence-corrected chi connectivity index (χ4v) is 3.44. The molecule has 0 atom stereocenters. The topological polar surface area (TPSA) is 47.9 Å². The van der Waals surface area contributed by atoms with Crippen molar-refractivity contribution in [3.8, 4) is 26.0 Å². The van der Waals surface area contributed by atoms with Gasteiger partial charge in [0.2, 0.25) is 0 Å². The van der Waals surface area contributed by atoms with Gasteiger partial charge >= 0.3 is 116 Å². The van der Waals surface area contributed by atoms with Gasteiger partial charge in [0, 0.05) is 0 Å². The first-order valence-electron chi connectivity index (χ1n) is 5.75. The average Bonchev–Trinajstić information content (AvgIpc) is 2.98. The van der Waals surface area contributed by atoms with Crippen molar-refractivity contribution in [2.75, 3.05) is 7.11 Å². The Morgan fingerprint density at radius 1 is 0.947 bits per heavy atom. The van der Waals surface area contributed by atoms with E-state index in [9.17, 15) is 0 Å². The molecule has 0 amide bonds. The Balaban J connectivity index is 1.92. The molecule has 5 heteroatoms. The molecule has 0 saturated heterocycles. The first kappa shape index (κ1) is 12.1. The zero-order chi connectivity index (χ0) is 13.1. The van der Waals surface area contributed by atoms with Gasteiger partial charge in [0.1, 0.15) is 0 Å². The van der Waals surface area contributed by atoms with Crippen molar-refractivity contribution in [3.63, 3.8) is 0 Å². The average molecular weight is 316 g/mol. The van der Waals surface area contributed by atoms with Gasteiger partial charge in [-0.1, -0.05) is 0 Å². The molecular weight excluding hydrogens is 305 g/mol. The van der Waals surface area contributed by atoms with Crippen LogP contribution >= 0.6 is 0 Å². The quantitative estimate of drug-likeness (QED) is 0.696. The van der Waals surface area contributed by atoms with Gasteiger partial charge in [0.05, 0.1) is 0 Å². The van der Waals surface area contributed by atoms with E-state index >= 15 is 0 Å². The third-order valence-electron chi connectivity index (χ3n) is 2.67. The zero-order valence-corrected chi connectivity index (χ0v) is 12.0. The van der Waals surface area contributed by atoms with E-state index in [4.69, 9.17) is 4.74 Å². The monoisotopic (exact) mass is 317 g/mol. The second-order valence-electron chi connectivity index (χ2n) is 3.88. The van der Waals surface area contributed by atoms with Crippen molar-refractivity contribution in [3.05, 3.63) is 48.8 Å². The van der Waals surface area contributed by atoms with Crippen LogP contribution in [0.5, 0.6) is 5.75 Å². The molecule has 19 heavy (non-hydrogen) atoms. The number of nitrogens with zero attached hydrogens (tertiary/aromatic N) is 3. The van der Waals surface area contributed by atoms with E-state index in [1.807, 2.05) is 42.6 Å². The van der Waals surface area contributed by atoms with Gasteiger partial charge in [-0.15, -0.1) is 0 Å². The molecule has 3 aromatic rings. The Kier molecular flexibility index (Phi) is 3.40. The van der Waals surface area contributed by atoms with Crippen molar-refractivity contribution < 1.29 is 4.74 Å². The van der Waals surface area contributed by atoms with Crippen molar-refractivity contribution in [1.82, 2.24) is 15.2 Å². The van der Waals surface area contributed by atoms with Gasteiger partial charge in [-0.25, -0.2) is 0 Å². The summed E-state index contributed by atoms with van der Waals surface area (Å²) in [6.45, 7) is 0. The molecule has 0 aliphatic carbocycles. The van der Waals surface area contributed by atoms with Gasteiger partial charge in [-0.3, -0.25) is 0 Å². The van der Waals surface area contributed by atoms with E-state index in [-0.39, 0.29) is 14.5 Å². The van der Waals surface area contributed by atoms with Gasteiger partial charge in [-0.2, -0.15) is 0 Å². The molecule has 1 aromatic carbocycles. The number of hydrogen-bond acceptors (Lipinski definition) is 4. The minimum absolute atomic E-state index is 0.123. The predicted octanol–water partition coefficient (Wildman–Crippen LogP) is 2.27. The standard InChI is InChI=1S/C14H11N3OSe/c1-18-12-6-4-10(5-7-12)13-16-17-14(19-13)11-3-2-8-15-9-11/h2-9H,1H3. The molecule has 3 rings (SSSR count). The molecule has 4 nitrogen and oxygen atoms in total. The van der Waals surface area contributed by atoms with Crippen LogP contribution in [0.4, 0.5) is 0 Å². The molecule has 94 valence electrons. The number of hydrogen-bond donors (Lipinski definition) is 0. The summed E-state index contributed by atoms with van der Waals surface area (Å²) >= 11 is 0.123. The van der Waals surface area contributed by atoms with Gasteiger partial charge in [0.25, 0.3) is 0 Å². The van der Waals surface area contributed by atoms with E-state index in [1.54, 1.807) is 13.3 Å². The van der Waals surface area contributed by atoms with Crippen LogP contribution < -0.4 is 4.74 Å². The predicted molar refractivity (Wildman–Crippen MR) is 74.2 cm³/mol. The van der Waals surface area contributed by atoms with Crippen LogP contribution in [0.1, 0.15) is 0 Å².